The molecule has 0 atom stereocenters. The molecule has 0 aromatic heterocycles. The second kappa shape index (κ2) is 8.81. The number of nitrogens with one attached hydrogen (secondary N) is 2. The molecular formula is C22H20N2O4. The molecular weight excluding hydrogens is 356 g/mol. The number of carbonyl (C=O) groups excluding carboxylic acids is 3. The zero-order chi connectivity index (χ0) is 19.9. The van der Waals surface area contributed by atoms with Crippen LogP contribution in [0.1, 0.15) is 12.5 Å². The summed E-state index contributed by atoms with van der Waals surface area (Å²) < 4.78 is 5.07. The van der Waals surface area contributed by atoms with Crippen LogP contribution in [-0.2, 0) is 25.5 Å². The van der Waals surface area contributed by atoms with Gasteiger partial charge in [0, 0.05) is 23.7 Å². The molecule has 0 aliphatic carbocycles. The van der Waals surface area contributed by atoms with Crippen molar-refractivity contribution in [1.82, 2.24) is 0 Å². The molecule has 3 rings (SSSR count). The van der Waals surface area contributed by atoms with Crippen LogP contribution >= 0.6 is 0 Å². The van der Waals surface area contributed by atoms with Gasteiger partial charge in [-0.15, -0.1) is 0 Å². The van der Waals surface area contributed by atoms with E-state index in [1.165, 1.54) is 6.92 Å². The summed E-state index contributed by atoms with van der Waals surface area (Å²) in [4.78, 5) is 35.1. The smallest absolute Gasteiger partial charge is 0.310 e. The maximum absolute atomic E-state index is 12.1. The number of esters is 1. The zero-order valence-corrected chi connectivity index (χ0v) is 15.4. The minimum Gasteiger partial charge on any atom is -0.455 e. The highest BCUT2D eigenvalue weighted by atomic mass is 16.5. The minimum atomic E-state index is -0.500. The Hall–Kier alpha value is -3.67. The van der Waals surface area contributed by atoms with E-state index in [9.17, 15) is 14.4 Å². The van der Waals surface area contributed by atoms with E-state index < -0.39 is 11.9 Å². The highest BCUT2D eigenvalue weighted by molar-refractivity contribution is 6.02. The summed E-state index contributed by atoms with van der Waals surface area (Å²) in [6, 6.07) is 20.2. The van der Waals surface area contributed by atoms with Crippen molar-refractivity contribution < 1.29 is 19.1 Å². The maximum Gasteiger partial charge on any atom is 0.310 e. The van der Waals surface area contributed by atoms with Gasteiger partial charge in [-0.2, -0.15) is 0 Å². The summed E-state index contributed by atoms with van der Waals surface area (Å²) in [6.45, 7) is 1.07. The molecule has 28 heavy (non-hydrogen) atoms. The molecule has 0 radical (unpaired) electrons. The van der Waals surface area contributed by atoms with Crippen molar-refractivity contribution in [1.29, 1.82) is 0 Å². The third kappa shape index (κ3) is 5.17. The Morgan fingerprint density at radius 1 is 0.857 bits per heavy atom. The molecule has 6 heteroatoms. The predicted molar refractivity (Wildman–Crippen MR) is 108 cm³/mol. The number of carbonyl (C=O) groups is 3. The lowest BCUT2D eigenvalue weighted by molar-refractivity contribution is -0.146. The number of ether oxygens (including phenoxy) is 1. The number of hydrogen-bond donors (Lipinski definition) is 2. The van der Waals surface area contributed by atoms with E-state index in [0.29, 0.717) is 11.4 Å². The predicted octanol–water partition coefficient (Wildman–Crippen LogP) is 3.52. The number of anilines is 2. The van der Waals surface area contributed by atoms with Gasteiger partial charge in [0.2, 0.25) is 5.91 Å². The average molecular weight is 376 g/mol. The van der Waals surface area contributed by atoms with Crippen LogP contribution in [0.3, 0.4) is 0 Å². The third-order valence-corrected chi connectivity index (χ3v) is 4.05. The van der Waals surface area contributed by atoms with Gasteiger partial charge < -0.3 is 15.4 Å². The first kappa shape index (κ1) is 19.1. The van der Waals surface area contributed by atoms with Gasteiger partial charge in [-0.05, 0) is 29.1 Å². The van der Waals surface area contributed by atoms with Crippen LogP contribution < -0.4 is 10.6 Å². The van der Waals surface area contributed by atoms with Crippen LogP contribution in [0.15, 0.2) is 66.7 Å². The molecule has 0 aliphatic rings. The molecule has 3 aromatic rings. The van der Waals surface area contributed by atoms with Crippen molar-refractivity contribution in [3.8, 4) is 0 Å². The van der Waals surface area contributed by atoms with Crippen LogP contribution in [0.5, 0.6) is 0 Å². The van der Waals surface area contributed by atoms with Gasteiger partial charge in [0.25, 0.3) is 5.91 Å². The van der Waals surface area contributed by atoms with Gasteiger partial charge >= 0.3 is 5.97 Å². The fourth-order valence-electron chi connectivity index (χ4n) is 2.79. The lowest BCUT2D eigenvalue weighted by atomic mass is 10.1. The molecule has 6 nitrogen and oxygen atoms in total. The van der Waals surface area contributed by atoms with Gasteiger partial charge in [0.15, 0.2) is 6.61 Å². The van der Waals surface area contributed by atoms with Crippen molar-refractivity contribution >= 4 is 39.9 Å². The van der Waals surface area contributed by atoms with Gasteiger partial charge in [-0.25, -0.2) is 0 Å². The fraction of sp³-hybridized carbons (Fsp3) is 0.136. The second-order valence-corrected chi connectivity index (χ2v) is 6.29. The van der Waals surface area contributed by atoms with E-state index in [4.69, 9.17) is 4.74 Å². The summed E-state index contributed by atoms with van der Waals surface area (Å²) in [5, 5.41) is 7.36. The number of benzene rings is 3. The quantitative estimate of drug-likeness (QED) is 0.645. The van der Waals surface area contributed by atoms with Gasteiger partial charge in [0.1, 0.15) is 0 Å². The van der Waals surface area contributed by atoms with Gasteiger partial charge in [-0.1, -0.05) is 48.5 Å². The normalized spacial score (nSPS) is 10.3. The van der Waals surface area contributed by atoms with Crippen LogP contribution in [0.4, 0.5) is 11.4 Å². The Bertz CT molecular complexity index is 1010. The first-order valence-corrected chi connectivity index (χ1v) is 8.81. The molecule has 0 heterocycles. The van der Waals surface area contributed by atoms with Crippen molar-refractivity contribution in [3.63, 3.8) is 0 Å². The average Bonchev–Trinajstić information content (AvgIpc) is 2.68. The van der Waals surface area contributed by atoms with E-state index in [0.717, 1.165) is 16.3 Å². The van der Waals surface area contributed by atoms with Gasteiger partial charge in [-0.3, -0.25) is 14.4 Å². The van der Waals surface area contributed by atoms with Gasteiger partial charge in [0.05, 0.1) is 6.42 Å². The third-order valence-electron chi connectivity index (χ3n) is 4.05. The van der Waals surface area contributed by atoms with E-state index in [-0.39, 0.29) is 18.9 Å². The Morgan fingerprint density at radius 2 is 1.57 bits per heavy atom. The van der Waals surface area contributed by atoms with Crippen molar-refractivity contribution in [3.05, 3.63) is 72.3 Å². The largest absolute Gasteiger partial charge is 0.455 e. The van der Waals surface area contributed by atoms with Crippen LogP contribution in [-0.4, -0.2) is 24.4 Å². The summed E-state index contributed by atoms with van der Waals surface area (Å²) in [6.07, 6.45) is 0.0436. The number of fused-ring (bicyclic) bond motifs is 1. The molecule has 3 aromatic carbocycles. The first-order chi connectivity index (χ1) is 13.5. The minimum absolute atomic E-state index is 0.0436. The van der Waals surface area contributed by atoms with Crippen molar-refractivity contribution in [2.75, 3.05) is 17.2 Å². The molecule has 2 N–H and O–H groups in total. The Kier molecular flexibility index (Phi) is 6.01. The summed E-state index contributed by atoms with van der Waals surface area (Å²) in [7, 11) is 0. The maximum atomic E-state index is 12.1. The van der Waals surface area contributed by atoms with E-state index in [1.807, 2.05) is 36.4 Å². The van der Waals surface area contributed by atoms with E-state index in [2.05, 4.69) is 10.6 Å². The molecule has 0 saturated heterocycles. The topological polar surface area (TPSA) is 84.5 Å². The molecule has 0 fully saturated rings. The lowest BCUT2D eigenvalue weighted by Crippen LogP contribution is -2.21. The van der Waals surface area contributed by atoms with E-state index in [1.54, 1.807) is 30.3 Å². The molecule has 0 unspecified atom stereocenters. The highest BCUT2D eigenvalue weighted by Gasteiger charge is 2.10. The summed E-state index contributed by atoms with van der Waals surface area (Å²) in [5.41, 5.74) is 2.06. The molecule has 142 valence electrons. The molecule has 0 saturated carbocycles. The summed E-state index contributed by atoms with van der Waals surface area (Å²) in [5.74, 6) is -1.06. The van der Waals surface area contributed by atoms with Crippen molar-refractivity contribution in [2.24, 2.45) is 0 Å². The van der Waals surface area contributed by atoms with Crippen molar-refractivity contribution in [2.45, 2.75) is 13.3 Å². The molecule has 2 amide bonds. The monoisotopic (exact) mass is 376 g/mol. The fourth-order valence-corrected chi connectivity index (χ4v) is 2.79. The Balaban J connectivity index is 1.51. The molecule has 0 aliphatic heterocycles. The van der Waals surface area contributed by atoms with Crippen LogP contribution in [0.2, 0.25) is 0 Å². The lowest BCUT2D eigenvalue weighted by Gasteiger charge is -2.09. The number of rotatable bonds is 6. The number of hydrogen-bond acceptors (Lipinski definition) is 4. The van der Waals surface area contributed by atoms with E-state index >= 15 is 0 Å². The summed E-state index contributed by atoms with van der Waals surface area (Å²) >= 11 is 0. The van der Waals surface area contributed by atoms with Crippen LogP contribution in [0, 0.1) is 0 Å². The zero-order valence-electron chi connectivity index (χ0n) is 15.4. The first-order valence-electron chi connectivity index (χ1n) is 8.81. The standard InChI is InChI=1S/C22H20N2O4/c1-15(25)23-18-11-9-16(10-12-18)13-22(27)28-14-21(26)24-20-8-4-6-17-5-2-3-7-19(17)20/h2-12H,13-14H2,1H3,(H,23,25)(H,24,26). The second-order valence-electron chi connectivity index (χ2n) is 6.29. The Labute approximate surface area is 162 Å². The number of amides is 2. The molecule has 0 bridgehead atoms. The Morgan fingerprint density at radius 3 is 2.32 bits per heavy atom. The molecule has 0 spiro atoms. The SMILES string of the molecule is CC(=O)Nc1ccc(CC(=O)OCC(=O)Nc2cccc3ccccc23)cc1. The highest BCUT2D eigenvalue weighted by Crippen LogP contribution is 2.22. The van der Waals surface area contributed by atoms with Crippen LogP contribution in [0.25, 0.3) is 10.8 Å².